The lowest BCUT2D eigenvalue weighted by atomic mass is 9.87. The summed E-state index contributed by atoms with van der Waals surface area (Å²) in [6, 6.07) is 23.7. The number of benzene rings is 3. The number of aromatic amines is 1. The van der Waals surface area contributed by atoms with Crippen LogP contribution in [0.2, 0.25) is 0 Å². The maximum atomic E-state index is 13.9. The van der Waals surface area contributed by atoms with Gasteiger partial charge < -0.3 is 4.98 Å². The van der Waals surface area contributed by atoms with Crippen LogP contribution in [0.5, 0.6) is 0 Å². The number of halogens is 1. The maximum Gasteiger partial charge on any atom is 0.261 e. The Balaban J connectivity index is 1.24. The summed E-state index contributed by atoms with van der Waals surface area (Å²) in [6.07, 6.45) is 3.71. The lowest BCUT2D eigenvalue weighted by molar-refractivity contribution is 0.0656. The predicted octanol–water partition coefficient (Wildman–Crippen LogP) is 5.15. The van der Waals surface area contributed by atoms with Gasteiger partial charge in [-0.3, -0.25) is 14.5 Å². The van der Waals surface area contributed by atoms with Gasteiger partial charge in [0.25, 0.3) is 11.8 Å². The highest BCUT2D eigenvalue weighted by Gasteiger charge is 2.34. The molecule has 4 aromatic rings. The lowest BCUT2D eigenvalue weighted by Crippen LogP contribution is -2.31. The van der Waals surface area contributed by atoms with Gasteiger partial charge in [0.05, 0.1) is 11.1 Å². The largest absolute Gasteiger partial charge is 0.346 e. The number of nitrogens with zero attached hydrogens (tertiary/aromatic N) is 2. The molecule has 0 radical (unpaired) electrons. The Hall–Kier alpha value is -4.06. The molecule has 0 bridgehead atoms. The molecule has 1 atom stereocenters. The minimum absolute atomic E-state index is 0.0452. The molecule has 34 heavy (non-hydrogen) atoms. The summed E-state index contributed by atoms with van der Waals surface area (Å²) in [6.45, 7) is 0.296. The first-order chi connectivity index (χ1) is 16.6. The van der Waals surface area contributed by atoms with Crippen molar-refractivity contribution < 1.29 is 14.0 Å². The van der Waals surface area contributed by atoms with Crippen molar-refractivity contribution in [1.82, 2.24) is 14.9 Å². The van der Waals surface area contributed by atoms with Gasteiger partial charge in [-0.2, -0.15) is 0 Å². The number of imidazole rings is 1. The van der Waals surface area contributed by atoms with Crippen molar-refractivity contribution in [2.75, 3.05) is 6.54 Å². The Labute approximate surface area is 197 Å². The summed E-state index contributed by atoms with van der Waals surface area (Å²) in [5.41, 5.74) is 3.85. The number of imide groups is 1. The first-order valence-corrected chi connectivity index (χ1v) is 11.4. The molecule has 3 aromatic carbocycles. The van der Waals surface area contributed by atoms with Gasteiger partial charge in [-0.25, -0.2) is 9.37 Å². The molecule has 0 fully saturated rings. The van der Waals surface area contributed by atoms with E-state index in [0.29, 0.717) is 30.5 Å². The summed E-state index contributed by atoms with van der Waals surface area (Å²) in [4.78, 5) is 34.2. The highest BCUT2D eigenvalue weighted by Crippen LogP contribution is 2.29. The monoisotopic (exact) mass is 453 g/mol. The van der Waals surface area contributed by atoms with Crippen LogP contribution in [0.4, 0.5) is 4.39 Å². The van der Waals surface area contributed by atoms with Crippen molar-refractivity contribution in [2.24, 2.45) is 0 Å². The van der Waals surface area contributed by atoms with E-state index >= 15 is 0 Å². The minimum atomic E-state index is -0.249. The highest BCUT2D eigenvalue weighted by molar-refractivity contribution is 6.21. The summed E-state index contributed by atoms with van der Waals surface area (Å²) in [7, 11) is 0. The Morgan fingerprint density at radius 3 is 2.21 bits per heavy atom. The zero-order valence-electron chi connectivity index (χ0n) is 18.6. The van der Waals surface area contributed by atoms with E-state index in [1.165, 1.54) is 11.0 Å². The predicted molar refractivity (Wildman–Crippen MR) is 127 cm³/mol. The average molecular weight is 454 g/mol. The molecule has 1 aliphatic rings. The molecular formula is C28H24FN3O2. The van der Waals surface area contributed by atoms with Crippen LogP contribution >= 0.6 is 0 Å². The molecule has 1 aromatic heterocycles. The summed E-state index contributed by atoms with van der Waals surface area (Å²) in [5, 5.41) is 0. The molecule has 0 spiro atoms. The molecule has 2 amide bonds. The third kappa shape index (κ3) is 4.39. The van der Waals surface area contributed by atoms with Crippen LogP contribution < -0.4 is 0 Å². The second-order valence-electron chi connectivity index (χ2n) is 8.47. The fourth-order valence-electron chi connectivity index (χ4n) is 4.55. The molecule has 1 unspecified atom stereocenters. The molecule has 170 valence electrons. The Morgan fingerprint density at radius 2 is 1.50 bits per heavy atom. The molecule has 0 aliphatic carbocycles. The van der Waals surface area contributed by atoms with Crippen LogP contribution in [0.3, 0.4) is 0 Å². The van der Waals surface area contributed by atoms with E-state index < -0.39 is 0 Å². The van der Waals surface area contributed by atoms with E-state index in [9.17, 15) is 14.0 Å². The number of hydrogen-bond acceptors (Lipinski definition) is 3. The van der Waals surface area contributed by atoms with E-state index in [4.69, 9.17) is 0 Å². The van der Waals surface area contributed by atoms with E-state index in [0.717, 1.165) is 29.1 Å². The number of hydrogen-bond donors (Lipinski definition) is 1. The zero-order valence-corrected chi connectivity index (χ0v) is 18.6. The van der Waals surface area contributed by atoms with Gasteiger partial charge in [0, 0.05) is 37.2 Å². The molecule has 5 rings (SSSR count). The Kier molecular flexibility index (Phi) is 6.04. The SMILES string of the molecule is O=C1c2ccccc2C(=O)N1CCc1cnc(CCC(c2ccccc2)c2cccc(F)c2)[nH]1. The van der Waals surface area contributed by atoms with E-state index in [2.05, 4.69) is 22.1 Å². The Morgan fingerprint density at radius 1 is 0.824 bits per heavy atom. The average Bonchev–Trinajstić information content (AvgIpc) is 3.41. The van der Waals surface area contributed by atoms with Crippen LogP contribution in [-0.2, 0) is 12.8 Å². The molecule has 5 nitrogen and oxygen atoms in total. The number of carbonyl (C=O) groups is 2. The minimum Gasteiger partial charge on any atom is -0.346 e. The van der Waals surface area contributed by atoms with E-state index in [1.54, 1.807) is 42.6 Å². The normalized spacial score (nSPS) is 13.9. The lowest BCUT2D eigenvalue weighted by Gasteiger charge is -2.18. The molecule has 0 saturated carbocycles. The maximum absolute atomic E-state index is 13.9. The standard InChI is InChI=1S/C28H24FN3O2/c29-21-10-6-9-20(17-21)23(19-7-2-1-3-8-19)13-14-26-30-18-22(31-26)15-16-32-27(33)24-11-4-5-12-25(24)28(32)34/h1-12,17-18,23H,13-16H2,(H,30,31). The summed E-state index contributed by atoms with van der Waals surface area (Å²) >= 11 is 0. The molecule has 1 N–H and O–H groups in total. The van der Waals surface area contributed by atoms with Crippen LogP contribution in [0.25, 0.3) is 0 Å². The van der Waals surface area contributed by atoms with Crippen LogP contribution in [0, 0.1) is 5.82 Å². The highest BCUT2D eigenvalue weighted by atomic mass is 19.1. The quantitative estimate of drug-likeness (QED) is 0.375. The van der Waals surface area contributed by atoms with E-state index in [1.807, 2.05) is 24.3 Å². The molecule has 0 saturated heterocycles. The van der Waals surface area contributed by atoms with E-state index in [-0.39, 0.29) is 23.5 Å². The smallest absolute Gasteiger partial charge is 0.261 e. The van der Waals surface area contributed by atoms with Crippen LogP contribution in [-0.4, -0.2) is 33.2 Å². The van der Waals surface area contributed by atoms with Crippen molar-refractivity contribution in [3.8, 4) is 0 Å². The number of aryl methyl sites for hydroxylation is 1. The fraction of sp³-hybridized carbons (Fsp3) is 0.179. The fourth-order valence-corrected chi connectivity index (χ4v) is 4.55. The summed E-state index contributed by atoms with van der Waals surface area (Å²) < 4.78 is 13.9. The molecule has 6 heteroatoms. The van der Waals surface area contributed by atoms with Gasteiger partial charge in [0.2, 0.25) is 0 Å². The number of aromatic nitrogens is 2. The number of nitrogens with one attached hydrogen (secondary N) is 1. The van der Waals surface area contributed by atoms with Crippen molar-refractivity contribution in [1.29, 1.82) is 0 Å². The van der Waals surface area contributed by atoms with Gasteiger partial charge in [0.1, 0.15) is 11.6 Å². The molecular weight excluding hydrogens is 429 g/mol. The zero-order chi connectivity index (χ0) is 23.5. The van der Waals surface area contributed by atoms with Crippen LogP contribution in [0.1, 0.15) is 55.7 Å². The van der Waals surface area contributed by atoms with Crippen molar-refractivity contribution in [3.63, 3.8) is 0 Å². The van der Waals surface area contributed by atoms with Crippen molar-refractivity contribution in [3.05, 3.63) is 125 Å². The number of rotatable bonds is 8. The first-order valence-electron chi connectivity index (χ1n) is 11.4. The molecule has 1 aliphatic heterocycles. The Bertz CT molecular complexity index is 1300. The molecule has 2 heterocycles. The third-order valence-electron chi connectivity index (χ3n) is 6.29. The number of H-pyrrole nitrogens is 1. The van der Waals surface area contributed by atoms with Gasteiger partial charge in [-0.05, 0) is 41.8 Å². The number of fused-ring (bicyclic) bond motifs is 1. The summed E-state index contributed by atoms with van der Waals surface area (Å²) in [5.74, 6) is 0.132. The first kappa shape index (κ1) is 21.8. The van der Waals surface area contributed by atoms with Gasteiger partial charge >= 0.3 is 0 Å². The van der Waals surface area contributed by atoms with Gasteiger partial charge in [-0.1, -0.05) is 54.6 Å². The third-order valence-corrected chi connectivity index (χ3v) is 6.29. The van der Waals surface area contributed by atoms with Gasteiger partial charge in [-0.15, -0.1) is 0 Å². The van der Waals surface area contributed by atoms with Crippen molar-refractivity contribution in [2.45, 2.75) is 25.2 Å². The second kappa shape index (κ2) is 9.43. The van der Waals surface area contributed by atoms with Crippen LogP contribution in [0.15, 0.2) is 85.1 Å². The van der Waals surface area contributed by atoms with Crippen molar-refractivity contribution >= 4 is 11.8 Å². The topological polar surface area (TPSA) is 66.1 Å². The van der Waals surface area contributed by atoms with Gasteiger partial charge in [0.15, 0.2) is 0 Å². The number of carbonyl (C=O) groups excluding carboxylic acids is 2. The number of amides is 2. The second-order valence-corrected chi connectivity index (χ2v) is 8.47.